The van der Waals surface area contributed by atoms with E-state index in [4.69, 9.17) is 9.97 Å². The molecule has 0 spiro atoms. The van der Waals surface area contributed by atoms with E-state index in [1.807, 2.05) is 13.0 Å². The van der Waals surface area contributed by atoms with Crippen LogP contribution in [0.15, 0.2) is 18.2 Å². The van der Waals surface area contributed by atoms with E-state index in [9.17, 15) is 4.39 Å². The third kappa shape index (κ3) is 4.31. The van der Waals surface area contributed by atoms with Crippen LogP contribution in [-0.4, -0.2) is 16.5 Å². The van der Waals surface area contributed by atoms with Crippen LogP contribution in [0.4, 0.5) is 10.2 Å². The Kier molecular flexibility index (Phi) is 6.71. The van der Waals surface area contributed by atoms with E-state index < -0.39 is 0 Å². The van der Waals surface area contributed by atoms with Gasteiger partial charge in [0.25, 0.3) is 0 Å². The first-order valence-electron chi connectivity index (χ1n) is 9.00. The Morgan fingerprint density at radius 3 is 2.38 bits per heavy atom. The summed E-state index contributed by atoms with van der Waals surface area (Å²) in [5, 5.41) is 3.44. The maximum Gasteiger partial charge on any atom is 0.148 e. The molecule has 1 aromatic carbocycles. The molecule has 4 heteroatoms. The lowest BCUT2D eigenvalue weighted by Crippen LogP contribution is -2.11. The lowest BCUT2D eigenvalue weighted by molar-refractivity contribution is 0.627. The molecule has 0 fully saturated rings. The molecule has 1 aromatic heterocycles. The second kappa shape index (κ2) is 8.76. The second-order valence-corrected chi connectivity index (χ2v) is 6.11. The third-order valence-corrected chi connectivity index (χ3v) is 4.23. The molecule has 2 aromatic rings. The zero-order valence-corrected chi connectivity index (χ0v) is 15.2. The van der Waals surface area contributed by atoms with Gasteiger partial charge in [-0.2, -0.15) is 0 Å². The molecule has 0 bridgehead atoms. The lowest BCUT2D eigenvalue weighted by atomic mass is 10.0. The van der Waals surface area contributed by atoms with Gasteiger partial charge in [-0.05, 0) is 49.9 Å². The second-order valence-electron chi connectivity index (χ2n) is 6.11. The minimum Gasteiger partial charge on any atom is -0.369 e. The van der Waals surface area contributed by atoms with Crippen LogP contribution in [-0.2, 0) is 12.8 Å². The summed E-state index contributed by atoms with van der Waals surface area (Å²) in [5.74, 6) is 0.682. The number of nitrogens with one attached hydrogen (secondary N) is 1. The average molecular weight is 329 g/mol. The van der Waals surface area contributed by atoms with Crippen LogP contribution in [0.2, 0.25) is 0 Å². The topological polar surface area (TPSA) is 37.8 Å². The van der Waals surface area contributed by atoms with Crippen molar-refractivity contribution in [2.24, 2.45) is 0 Å². The molecular weight excluding hydrogens is 301 g/mol. The Bertz CT molecular complexity index is 683. The largest absolute Gasteiger partial charge is 0.369 e. The predicted octanol–water partition coefficient (Wildman–Crippen LogP) is 5.32. The van der Waals surface area contributed by atoms with Gasteiger partial charge in [-0.1, -0.05) is 33.6 Å². The number of nitrogens with zero attached hydrogens (tertiary/aromatic N) is 2. The van der Waals surface area contributed by atoms with Crippen LogP contribution in [0.1, 0.15) is 57.0 Å². The SMILES string of the molecule is CCCCCNc1nc(CC)c(-c2ccc(F)cc2C)nc1CC. The highest BCUT2D eigenvalue weighted by Crippen LogP contribution is 2.28. The molecule has 130 valence electrons. The third-order valence-electron chi connectivity index (χ3n) is 4.23. The highest BCUT2D eigenvalue weighted by Gasteiger charge is 2.15. The average Bonchev–Trinajstić information content (AvgIpc) is 2.58. The van der Waals surface area contributed by atoms with Gasteiger partial charge < -0.3 is 5.32 Å². The van der Waals surface area contributed by atoms with Crippen molar-refractivity contribution in [2.75, 3.05) is 11.9 Å². The number of halogens is 1. The smallest absolute Gasteiger partial charge is 0.148 e. The number of unbranched alkanes of at least 4 members (excludes halogenated alkanes) is 2. The molecular formula is C20H28FN3. The Hall–Kier alpha value is -1.97. The minimum absolute atomic E-state index is 0.216. The minimum atomic E-state index is -0.216. The summed E-state index contributed by atoms with van der Waals surface area (Å²) in [7, 11) is 0. The normalized spacial score (nSPS) is 10.9. The van der Waals surface area contributed by atoms with E-state index in [-0.39, 0.29) is 5.82 Å². The summed E-state index contributed by atoms with van der Waals surface area (Å²) in [6.45, 7) is 9.22. The lowest BCUT2D eigenvalue weighted by Gasteiger charge is -2.15. The van der Waals surface area contributed by atoms with E-state index >= 15 is 0 Å². The molecule has 0 aliphatic heterocycles. The van der Waals surface area contributed by atoms with Crippen molar-refractivity contribution in [3.05, 3.63) is 41.0 Å². The van der Waals surface area contributed by atoms with Crippen LogP contribution in [0.25, 0.3) is 11.3 Å². The number of anilines is 1. The van der Waals surface area contributed by atoms with Crippen LogP contribution in [0.3, 0.4) is 0 Å². The number of rotatable bonds is 8. The van der Waals surface area contributed by atoms with Crippen molar-refractivity contribution in [3.63, 3.8) is 0 Å². The maximum absolute atomic E-state index is 13.4. The van der Waals surface area contributed by atoms with E-state index in [1.54, 1.807) is 6.07 Å². The van der Waals surface area contributed by atoms with Crippen molar-refractivity contribution in [3.8, 4) is 11.3 Å². The molecule has 0 unspecified atom stereocenters. The van der Waals surface area contributed by atoms with E-state index in [0.29, 0.717) is 0 Å². The van der Waals surface area contributed by atoms with Gasteiger partial charge in [0.05, 0.1) is 17.1 Å². The summed E-state index contributed by atoms with van der Waals surface area (Å²) in [4.78, 5) is 9.71. The molecule has 24 heavy (non-hydrogen) atoms. The molecule has 1 N–H and O–H groups in total. The molecule has 2 rings (SSSR count). The summed E-state index contributed by atoms with van der Waals surface area (Å²) in [6, 6.07) is 4.85. The van der Waals surface area contributed by atoms with Crippen LogP contribution < -0.4 is 5.32 Å². The van der Waals surface area contributed by atoms with Gasteiger partial charge >= 0.3 is 0 Å². The zero-order chi connectivity index (χ0) is 17.5. The van der Waals surface area contributed by atoms with Crippen LogP contribution >= 0.6 is 0 Å². The quantitative estimate of drug-likeness (QED) is 0.666. The Morgan fingerprint density at radius 2 is 1.75 bits per heavy atom. The first-order chi connectivity index (χ1) is 11.6. The Labute approximate surface area is 144 Å². The maximum atomic E-state index is 13.4. The fourth-order valence-corrected chi connectivity index (χ4v) is 2.83. The number of benzene rings is 1. The summed E-state index contributed by atoms with van der Waals surface area (Å²) in [6.07, 6.45) is 5.18. The van der Waals surface area contributed by atoms with Gasteiger partial charge in [-0.15, -0.1) is 0 Å². The Balaban J connectivity index is 2.38. The molecule has 0 atom stereocenters. The standard InChI is InChI=1S/C20H28FN3/c1-5-8-9-12-22-20-18(7-3)23-19(17(6-2)24-20)16-11-10-15(21)13-14(16)4/h10-11,13H,5-9,12H2,1-4H3,(H,22,24). The molecule has 0 saturated heterocycles. The first-order valence-corrected chi connectivity index (χ1v) is 9.00. The van der Waals surface area contributed by atoms with Gasteiger partial charge in [0.1, 0.15) is 11.6 Å². The van der Waals surface area contributed by atoms with Crippen molar-refractivity contribution >= 4 is 5.82 Å². The molecule has 0 saturated carbocycles. The number of aromatic nitrogens is 2. The van der Waals surface area contributed by atoms with Crippen molar-refractivity contribution in [1.82, 2.24) is 9.97 Å². The van der Waals surface area contributed by atoms with Crippen LogP contribution in [0, 0.1) is 12.7 Å². The molecule has 0 amide bonds. The zero-order valence-electron chi connectivity index (χ0n) is 15.2. The Morgan fingerprint density at radius 1 is 1.00 bits per heavy atom. The van der Waals surface area contributed by atoms with Crippen LogP contribution in [0.5, 0.6) is 0 Å². The van der Waals surface area contributed by atoms with E-state index in [0.717, 1.165) is 59.8 Å². The highest BCUT2D eigenvalue weighted by atomic mass is 19.1. The first kappa shape index (κ1) is 18.4. The van der Waals surface area contributed by atoms with Crippen molar-refractivity contribution in [2.45, 2.75) is 59.8 Å². The van der Waals surface area contributed by atoms with Gasteiger partial charge in [0, 0.05) is 12.1 Å². The van der Waals surface area contributed by atoms with Gasteiger partial charge in [0.15, 0.2) is 0 Å². The molecule has 3 nitrogen and oxygen atoms in total. The monoisotopic (exact) mass is 329 g/mol. The molecule has 0 radical (unpaired) electrons. The van der Waals surface area contributed by atoms with Crippen molar-refractivity contribution in [1.29, 1.82) is 0 Å². The highest BCUT2D eigenvalue weighted by molar-refractivity contribution is 5.67. The number of aryl methyl sites for hydroxylation is 3. The molecule has 0 aliphatic carbocycles. The summed E-state index contributed by atoms with van der Waals surface area (Å²) in [5.41, 5.74) is 4.67. The number of hydrogen-bond acceptors (Lipinski definition) is 3. The summed E-state index contributed by atoms with van der Waals surface area (Å²) < 4.78 is 13.4. The van der Waals surface area contributed by atoms with E-state index in [2.05, 4.69) is 26.1 Å². The van der Waals surface area contributed by atoms with Gasteiger partial charge in [-0.25, -0.2) is 14.4 Å². The number of hydrogen-bond donors (Lipinski definition) is 1. The predicted molar refractivity (Wildman–Crippen MR) is 98.9 cm³/mol. The van der Waals surface area contributed by atoms with Gasteiger partial charge in [-0.3, -0.25) is 0 Å². The summed E-state index contributed by atoms with van der Waals surface area (Å²) >= 11 is 0. The fourth-order valence-electron chi connectivity index (χ4n) is 2.83. The molecule has 1 heterocycles. The van der Waals surface area contributed by atoms with Gasteiger partial charge in [0.2, 0.25) is 0 Å². The molecule has 0 aliphatic rings. The van der Waals surface area contributed by atoms with Crippen molar-refractivity contribution < 1.29 is 4.39 Å². The van der Waals surface area contributed by atoms with E-state index in [1.165, 1.54) is 18.9 Å². The fraction of sp³-hybridized carbons (Fsp3) is 0.500.